The lowest BCUT2D eigenvalue weighted by atomic mass is 10.0. The minimum Gasteiger partial charge on any atom is -0.444 e. The highest BCUT2D eigenvalue weighted by atomic mass is 16.6. The maximum atomic E-state index is 11.8. The minimum atomic E-state index is -1.21. The molecule has 1 unspecified atom stereocenters. The predicted molar refractivity (Wildman–Crippen MR) is 60.8 cm³/mol. The van der Waals surface area contributed by atoms with Crippen molar-refractivity contribution in [2.45, 2.75) is 51.4 Å². The van der Waals surface area contributed by atoms with Gasteiger partial charge in [0.1, 0.15) is 11.2 Å². The zero-order chi connectivity index (χ0) is 12.6. The van der Waals surface area contributed by atoms with Crippen LogP contribution < -0.4 is 0 Å². The Bertz CT molecular complexity index is 326. The van der Waals surface area contributed by atoms with E-state index >= 15 is 0 Å². The van der Waals surface area contributed by atoms with E-state index in [0.717, 1.165) is 0 Å². The number of ether oxygens (including phenoxy) is 1. The SMILES string of the molecule is C#CC1(O)C[C@@H](C)N(C(=O)OC(C)(C)C)C1. The van der Waals surface area contributed by atoms with Crippen LogP contribution in [-0.2, 0) is 4.74 Å². The normalized spacial score (nSPS) is 30.0. The van der Waals surface area contributed by atoms with Crippen molar-refractivity contribution in [3.05, 3.63) is 0 Å². The molecule has 1 saturated heterocycles. The van der Waals surface area contributed by atoms with Gasteiger partial charge >= 0.3 is 6.09 Å². The Balaban J connectivity index is 2.70. The van der Waals surface area contributed by atoms with Gasteiger partial charge in [-0.25, -0.2) is 4.79 Å². The molecule has 2 atom stereocenters. The molecule has 0 aromatic carbocycles. The van der Waals surface area contributed by atoms with Crippen molar-refractivity contribution >= 4 is 6.09 Å². The molecule has 0 bridgehead atoms. The summed E-state index contributed by atoms with van der Waals surface area (Å²) in [4.78, 5) is 13.3. The van der Waals surface area contributed by atoms with Crippen molar-refractivity contribution in [2.75, 3.05) is 6.54 Å². The second-order valence-electron chi connectivity index (χ2n) is 5.34. The van der Waals surface area contributed by atoms with Gasteiger partial charge in [-0.2, -0.15) is 0 Å². The third kappa shape index (κ3) is 2.89. The third-order valence-corrected chi connectivity index (χ3v) is 2.49. The molecule has 1 aliphatic rings. The van der Waals surface area contributed by atoms with E-state index in [0.29, 0.717) is 6.42 Å². The number of hydrogen-bond acceptors (Lipinski definition) is 3. The van der Waals surface area contributed by atoms with Crippen LogP contribution in [0.25, 0.3) is 0 Å². The van der Waals surface area contributed by atoms with Crippen LogP contribution in [0.4, 0.5) is 4.79 Å². The van der Waals surface area contributed by atoms with Crippen molar-refractivity contribution in [1.82, 2.24) is 4.90 Å². The Morgan fingerprint density at radius 1 is 1.62 bits per heavy atom. The van der Waals surface area contributed by atoms with Crippen molar-refractivity contribution in [3.8, 4) is 12.3 Å². The average molecular weight is 225 g/mol. The lowest BCUT2D eigenvalue weighted by Gasteiger charge is -2.26. The molecule has 1 N–H and O–H groups in total. The molecule has 0 aromatic heterocycles. The van der Waals surface area contributed by atoms with Crippen molar-refractivity contribution in [2.24, 2.45) is 0 Å². The average Bonchev–Trinajstić information content (AvgIpc) is 2.40. The summed E-state index contributed by atoms with van der Waals surface area (Å²) >= 11 is 0. The topological polar surface area (TPSA) is 49.8 Å². The highest BCUT2D eigenvalue weighted by Gasteiger charge is 2.43. The first-order chi connectivity index (χ1) is 7.17. The maximum absolute atomic E-state index is 11.8. The summed E-state index contributed by atoms with van der Waals surface area (Å²) < 4.78 is 5.24. The number of nitrogens with zero attached hydrogens (tertiary/aromatic N) is 1. The fourth-order valence-corrected chi connectivity index (χ4v) is 1.77. The number of terminal acetylenes is 1. The summed E-state index contributed by atoms with van der Waals surface area (Å²) in [6, 6.07) is -0.101. The third-order valence-electron chi connectivity index (χ3n) is 2.49. The number of carbonyl (C=O) groups is 1. The van der Waals surface area contributed by atoms with Crippen LogP contribution >= 0.6 is 0 Å². The Labute approximate surface area is 96.6 Å². The Kier molecular flexibility index (Phi) is 3.20. The quantitative estimate of drug-likeness (QED) is 0.634. The Morgan fingerprint density at radius 3 is 2.56 bits per heavy atom. The van der Waals surface area contributed by atoms with E-state index in [1.165, 1.54) is 4.90 Å². The number of hydrogen-bond donors (Lipinski definition) is 1. The Hall–Kier alpha value is -1.21. The van der Waals surface area contributed by atoms with Crippen LogP contribution in [0.1, 0.15) is 34.1 Å². The maximum Gasteiger partial charge on any atom is 0.410 e. The van der Waals surface area contributed by atoms with Crippen LogP contribution in [0.15, 0.2) is 0 Å². The van der Waals surface area contributed by atoms with E-state index in [1.54, 1.807) is 20.8 Å². The van der Waals surface area contributed by atoms with Gasteiger partial charge in [-0.1, -0.05) is 5.92 Å². The van der Waals surface area contributed by atoms with E-state index in [1.807, 2.05) is 6.92 Å². The summed E-state index contributed by atoms with van der Waals surface area (Å²) in [5.41, 5.74) is -1.75. The van der Waals surface area contributed by atoms with Crippen molar-refractivity contribution in [3.63, 3.8) is 0 Å². The van der Waals surface area contributed by atoms with Crippen LogP contribution in [-0.4, -0.2) is 39.9 Å². The second kappa shape index (κ2) is 3.99. The number of amides is 1. The monoisotopic (exact) mass is 225 g/mol. The lowest BCUT2D eigenvalue weighted by molar-refractivity contribution is 0.0196. The van der Waals surface area contributed by atoms with Crippen LogP contribution in [0.5, 0.6) is 0 Å². The molecule has 90 valence electrons. The molecule has 0 aromatic rings. The summed E-state index contributed by atoms with van der Waals surface area (Å²) in [5, 5.41) is 9.90. The van der Waals surface area contributed by atoms with Crippen molar-refractivity contribution < 1.29 is 14.6 Å². The van der Waals surface area contributed by atoms with Crippen molar-refractivity contribution in [1.29, 1.82) is 0 Å². The molecule has 0 aliphatic carbocycles. The van der Waals surface area contributed by atoms with Gasteiger partial charge in [-0.3, -0.25) is 0 Å². The van der Waals surface area contributed by atoms with E-state index < -0.39 is 17.3 Å². The van der Waals surface area contributed by atoms with E-state index in [9.17, 15) is 9.90 Å². The van der Waals surface area contributed by atoms with Gasteiger partial charge in [0.25, 0.3) is 0 Å². The highest BCUT2D eigenvalue weighted by molar-refractivity contribution is 5.69. The van der Waals surface area contributed by atoms with Gasteiger partial charge in [0.2, 0.25) is 0 Å². The molecular weight excluding hydrogens is 206 g/mol. The molecule has 4 heteroatoms. The van der Waals surface area contributed by atoms with Gasteiger partial charge in [0.05, 0.1) is 6.54 Å². The molecule has 1 rings (SSSR count). The Morgan fingerprint density at radius 2 is 2.19 bits per heavy atom. The van der Waals surface area contributed by atoms with Gasteiger partial charge in [-0.05, 0) is 27.7 Å². The summed E-state index contributed by atoms with van der Waals surface area (Å²) in [6.07, 6.45) is 5.21. The molecule has 1 amide bonds. The summed E-state index contributed by atoms with van der Waals surface area (Å²) in [6.45, 7) is 7.40. The molecule has 0 spiro atoms. The number of rotatable bonds is 0. The first kappa shape index (κ1) is 12.9. The standard InChI is InChI=1S/C12H19NO3/c1-6-12(15)7-9(2)13(8-12)10(14)16-11(3,4)5/h1,9,15H,7-8H2,2-5H3/t9-,12?/m1/s1. The molecule has 0 radical (unpaired) electrons. The minimum absolute atomic E-state index is 0.101. The second-order valence-corrected chi connectivity index (χ2v) is 5.34. The van der Waals surface area contributed by atoms with Gasteiger partial charge in [-0.15, -0.1) is 6.42 Å². The fraction of sp³-hybridized carbons (Fsp3) is 0.750. The van der Waals surface area contributed by atoms with E-state index in [4.69, 9.17) is 11.2 Å². The summed E-state index contributed by atoms with van der Waals surface area (Å²) in [5.74, 6) is 2.32. The van der Waals surface area contributed by atoms with Crippen LogP contribution in [0.3, 0.4) is 0 Å². The number of carbonyl (C=O) groups excluding carboxylic acids is 1. The van der Waals surface area contributed by atoms with Gasteiger partial charge < -0.3 is 14.7 Å². The highest BCUT2D eigenvalue weighted by Crippen LogP contribution is 2.27. The predicted octanol–water partition coefficient (Wildman–Crippen LogP) is 1.38. The molecule has 16 heavy (non-hydrogen) atoms. The molecule has 0 saturated carbocycles. The first-order valence-electron chi connectivity index (χ1n) is 5.37. The summed E-state index contributed by atoms with van der Waals surface area (Å²) in [7, 11) is 0. The van der Waals surface area contributed by atoms with Gasteiger partial charge in [0, 0.05) is 12.5 Å². The van der Waals surface area contributed by atoms with Crippen LogP contribution in [0.2, 0.25) is 0 Å². The molecule has 1 fully saturated rings. The zero-order valence-corrected chi connectivity index (χ0v) is 10.3. The first-order valence-corrected chi connectivity index (χ1v) is 5.37. The zero-order valence-electron chi connectivity index (χ0n) is 10.3. The number of likely N-dealkylation sites (tertiary alicyclic amines) is 1. The largest absolute Gasteiger partial charge is 0.444 e. The smallest absolute Gasteiger partial charge is 0.410 e. The molecule has 1 heterocycles. The number of aliphatic hydroxyl groups is 1. The van der Waals surface area contributed by atoms with Crippen LogP contribution in [0, 0.1) is 12.3 Å². The fourth-order valence-electron chi connectivity index (χ4n) is 1.77. The number of β-amino-alcohol motifs (C(OH)–C–C–N with tert-alkyl or cyclic N) is 1. The lowest BCUT2D eigenvalue weighted by Crippen LogP contribution is -2.40. The van der Waals surface area contributed by atoms with E-state index in [2.05, 4.69) is 5.92 Å². The molecule has 1 aliphatic heterocycles. The molecular formula is C12H19NO3. The van der Waals surface area contributed by atoms with E-state index in [-0.39, 0.29) is 12.6 Å². The molecule has 4 nitrogen and oxygen atoms in total. The van der Waals surface area contributed by atoms with Gasteiger partial charge in [0.15, 0.2) is 0 Å².